The number of hydrogen-bond acceptors (Lipinski definition) is 6. The van der Waals surface area contributed by atoms with Crippen molar-refractivity contribution < 1.29 is 0 Å². The van der Waals surface area contributed by atoms with Crippen LogP contribution in [-0.4, -0.2) is 31.1 Å². The second kappa shape index (κ2) is 5.69. The maximum absolute atomic E-state index is 4.53. The topological polar surface area (TPSA) is 68.0 Å². The number of nitrogens with one attached hydrogen (secondary N) is 1. The molecule has 3 aromatic heterocycles. The predicted molar refractivity (Wildman–Crippen MR) is 82.8 cm³/mol. The summed E-state index contributed by atoms with van der Waals surface area (Å²) in [5.74, 6) is 1.62. The third kappa shape index (κ3) is 2.69. The maximum atomic E-state index is 4.53. The molecule has 0 aromatic carbocycles. The van der Waals surface area contributed by atoms with Crippen molar-refractivity contribution >= 4 is 23.2 Å². The van der Waals surface area contributed by atoms with Crippen molar-refractivity contribution in [3.05, 3.63) is 35.8 Å². The molecule has 3 aromatic rings. The lowest BCUT2D eigenvalue weighted by Crippen LogP contribution is -2.05. The minimum absolute atomic E-state index is 0.743. The Bertz CT molecular complexity index is 782. The van der Waals surface area contributed by atoms with Gasteiger partial charge in [-0.25, -0.2) is 9.97 Å². The third-order valence-electron chi connectivity index (χ3n) is 3.03. The van der Waals surface area contributed by atoms with Gasteiger partial charge < -0.3 is 5.32 Å². The molecule has 0 aliphatic carbocycles. The summed E-state index contributed by atoms with van der Waals surface area (Å²) in [6.07, 6.45) is 1.95. The molecule has 0 aliphatic rings. The fourth-order valence-corrected chi connectivity index (χ4v) is 2.95. The van der Waals surface area contributed by atoms with Gasteiger partial charge in [0.05, 0.1) is 0 Å². The quantitative estimate of drug-likeness (QED) is 0.747. The van der Waals surface area contributed by atoms with Gasteiger partial charge in [0.1, 0.15) is 16.7 Å². The highest BCUT2D eigenvalue weighted by Crippen LogP contribution is 2.30. The van der Waals surface area contributed by atoms with Gasteiger partial charge in [-0.15, -0.1) is 10.2 Å². The van der Waals surface area contributed by atoms with Gasteiger partial charge in [-0.1, -0.05) is 6.07 Å². The van der Waals surface area contributed by atoms with Crippen LogP contribution >= 0.6 is 11.8 Å². The zero-order valence-corrected chi connectivity index (χ0v) is 13.0. The monoisotopic (exact) mass is 300 g/mol. The molecule has 0 atom stereocenters. The molecule has 3 heterocycles. The maximum Gasteiger partial charge on any atom is 0.201 e. The lowest BCUT2D eigenvalue weighted by Gasteiger charge is -2.10. The summed E-state index contributed by atoms with van der Waals surface area (Å²) < 4.78 is 1.95. The Morgan fingerprint density at radius 3 is 2.86 bits per heavy atom. The van der Waals surface area contributed by atoms with Crippen LogP contribution in [0.4, 0.5) is 5.82 Å². The number of anilines is 1. The van der Waals surface area contributed by atoms with E-state index in [1.165, 1.54) is 11.8 Å². The first-order chi connectivity index (χ1) is 10.2. The number of fused-ring (bicyclic) bond motifs is 1. The Kier molecular flexibility index (Phi) is 3.74. The number of hydrogen-bond donors (Lipinski definition) is 1. The van der Waals surface area contributed by atoms with Crippen molar-refractivity contribution in [3.63, 3.8) is 0 Å². The average molecular weight is 300 g/mol. The van der Waals surface area contributed by atoms with Crippen LogP contribution in [0.1, 0.15) is 18.3 Å². The van der Waals surface area contributed by atoms with Crippen molar-refractivity contribution in [2.24, 2.45) is 0 Å². The van der Waals surface area contributed by atoms with Crippen LogP contribution in [0.5, 0.6) is 0 Å². The summed E-state index contributed by atoms with van der Waals surface area (Å²) in [6.45, 7) is 6.79. The molecule has 1 N–H and O–H groups in total. The Balaban J connectivity index is 2.01. The Hall–Kier alpha value is -2.15. The van der Waals surface area contributed by atoms with Gasteiger partial charge in [-0.2, -0.15) is 0 Å². The van der Waals surface area contributed by atoms with E-state index in [1.807, 2.05) is 42.6 Å². The zero-order valence-electron chi connectivity index (χ0n) is 12.2. The summed E-state index contributed by atoms with van der Waals surface area (Å²) in [5.41, 5.74) is 1.86. The van der Waals surface area contributed by atoms with Crippen LogP contribution in [-0.2, 0) is 0 Å². The van der Waals surface area contributed by atoms with Crippen LogP contribution in [0, 0.1) is 13.8 Å². The van der Waals surface area contributed by atoms with E-state index in [1.54, 1.807) is 0 Å². The molecule has 0 bridgehead atoms. The van der Waals surface area contributed by atoms with E-state index in [0.717, 1.165) is 39.6 Å². The number of rotatable bonds is 4. The van der Waals surface area contributed by atoms with Gasteiger partial charge in [0.2, 0.25) is 5.16 Å². The molecule has 6 nitrogen and oxygen atoms in total. The van der Waals surface area contributed by atoms with E-state index < -0.39 is 0 Å². The summed E-state index contributed by atoms with van der Waals surface area (Å²) in [6, 6.07) is 5.84. The highest BCUT2D eigenvalue weighted by Gasteiger charge is 2.13. The summed E-state index contributed by atoms with van der Waals surface area (Å²) in [5, 5.41) is 13.4. The number of aryl methyl sites for hydroxylation is 1. The predicted octanol–water partition coefficient (Wildman–Crippen LogP) is 2.72. The van der Waals surface area contributed by atoms with E-state index in [-0.39, 0.29) is 0 Å². The first kappa shape index (κ1) is 13.8. The molecule has 3 rings (SSSR count). The standard InChI is InChI=1S/C14H16N6S/c1-4-15-12-9(2)13(17-10(3)16-12)21-14-19-18-11-7-5-6-8-20(11)14/h5-8H,4H2,1-3H3,(H,15,16,17). The number of aromatic nitrogens is 5. The fourth-order valence-electron chi connectivity index (χ4n) is 2.02. The van der Waals surface area contributed by atoms with E-state index in [2.05, 4.69) is 32.4 Å². The Morgan fingerprint density at radius 2 is 2.05 bits per heavy atom. The van der Waals surface area contributed by atoms with Gasteiger partial charge in [0, 0.05) is 18.3 Å². The van der Waals surface area contributed by atoms with Crippen molar-refractivity contribution in [3.8, 4) is 0 Å². The molecule has 0 unspecified atom stereocenters. The van der Waals surface area contributed by atoms with Gasteiger partial charge >= 0.3 is 0 Å². The summed E-state index contributed by atoms with van der Waals surface area (Å²) in [7, 11) is 0. The molecule has 0 aliphatic heterocycles. The van der Waals surface area contributed by atoms with Crippen molar-refractivity contribution in [2.75, 3.05) is 11.9 Å². The van der Waals surface area contributed by atoms with E-state index in [9.17, 15) is 0 Å². The molecule has 0 amide bonds. The minimum Gasteiger partial charge on any atom is -0.370 e. The molecule has 21 heavy (non-hydrogen) atoms. The first-order valence-corrected chi connectivity index (χ1v) is 7.57. The summed E-state index contributed by atoms with van der Waals surface area (Å²) >= 11 is 1.50. The van der Waals surface area contributed by atoms with Crippen LogP contribution in [0.25, 0.3) is 5.65 Å². The minimum atomic E-state index is 0.743. The van der Waals surface area contributed by atoms with Gasteiger partial charge in [-0.05, 0) is 44.7 Å². The summed E-state index contributed by atoms with van der Waals surface area (Å²) in [4.78, 5) is 8.96. The lowest BCUT2D eigenvalue weighted by atomic mass is 10.3. The van der Waals surface area contributed by atoms with Gasteiger partial charge in [0.15, 0.2) is 5.65 Å². The molecular formula is C14H16N6S. The third-order valence-corrected chi connectivity index (χ3v) is 4.08. The largest absolute Gasteiger partial charge is 0.370 e. The Labute approximate surface area is 127 Å². The smallest absolute Gasteiger partial charge is 0.201 e. The highest BCUT2D eigenvalue weighted by atomic mass is 32.2. The van der Waals surface area contributed by atoms with Gasteiger partial charge in [-0.3, -0.25) is 4.40 Å². The SMILES string of the molecule is CCNc1nc(C)nc(Sc2nnc3ccccn23)c1C. The first-order valence-electron chi connectivity index (χ1n) is 6.75. The molecule has 0 saturated carbocycles. The van der Waals surface area contributed by atoms with E-state index in [4.69, 9.17) is 0 Å². The van der Waals surface area contributed by atoms with Crippen molar-refractivity contribution in [1.29, 1.82) is 0 Å². The van der Waals surface area contributed by atoms with E-state index in [0.29, 0.717) is 0 Å². The Morgan fingerprint density at radius 1 is 1.19 bits per heavy atom. The molecule has 0 radical (unpaired) electrons. The molecular weight excluding hydrogens is 284 g/mol. The number of pyridine rings is 1. The van der Waals surface area contributed by atoms with Gasteiger partial charge in [0.25, 0.3) is 0 Å². The second-order valence-electron chi connectivity index (χ2n) is 4.59. The lowest BCUT2D eigenvalue weighted by molar-refractivity contribution is 0.897. The highest BCUT2D eigenvalue weighted by molar-refractivity contribution is 7.99. The van der Waals surface area contributed by atoms with Crippen molar-refractivity contribution in [2.45, 2.75) is 31.0 Å². The molecule has 0 spiro atoms. The normalized spacial score (nSPS) is 11.0. The number of nitrogens with zero attached hydrogens (tertiary/aromatic N) is 5. The molecule has 7 heteroatoms. The molecule has 0 saturated heterocycles. The van der Waals surface area contributed by atoms with Crippen LogP contribution < -0.4 is 5.32 Å². The molecule has 108 valence electrons. The van der Waals surface area contributed by atoms with Crippen LogP contribution in [0.15, 0.2) is 34.6 Å². The average Bonchev–Trinajstić information content (AvgIpc) is 2.88. The van der Waals surface area contributed by atoms with Crippen LogP contribution in [0.2, 0.25) is 0 Å². The zero-order chi connectivity index (χ0) is 14.8. The van der Waals surface area contributed by atoms with Crippen LogP contribution in [0.3, 0.4) is 0 Å². The van der Waals surface area contributed by atoms with Crippen molar-refractivity contribution in [1.82, 2.24) is 24.6 Å². The van der Waals surface area contributed by atoms with E-state index >= 15 is 0 Å². The molecule has 0 fully saturated rings. The second-order valence-corrected chi connectivity index (χ2v) is 5.55. The fraction of sp³-hybridized carbons (Fsp3) is 0.286.